The maximum Gasteiger partial charge on any atom is 0.488 e. The van der Waals surface area contributed by atoms with Gasteiger partial charge in [-0.2, -0.15) is 5.10 Å². The standard InChI is InChI=1S/C8H9BN2O2/c1-11-5-6-2-3-7(9(12)13)4-8(6)10-11/h2-5,12-13H,1H3. The maximum atomic E-state index is 8.91. The van der Waals surface area contributed by atoms with Gasteiger partial charge in [0, 0.05) is 18.6 Å². The van der Waals surface area contributed by atoms with Crippen LogP contribution in [0.15, 0.2) is 24.4 Å². The molecule has 0 unspecified atom stereocenters. The molecule has 66 valence electrons. The van der Waals surface area contributed by atoms with E-state index < -0.39 is 7.12 Å². The fourth-order valence-electron chi connectivity index (χ4n) is 1.32. The Hall–Kier alpha value is -1.33. The number of benzene rings is 1. The molecular formula is C8H9BN2O2. The van der Waals surface area contributed by atoms with E-state index in [1.54, 1.807) is 16.8 Å². The zero-order chi connectivity index (χ0) is 9.42. The highest BCUT2D eigenvalue weighted by Crippen LogP contribution is 2.08. The second kappa shape index (κ2) is 2.87. The number of aryl methyl sites for hydroxylation is 1. The van der Waals surface area contributed by atoms with Crippen molar-refractivity contribution in [2.75, 3.05) is 0 Å². The molecule has 2 N–H and O–H groups in total. The predicted molar refractivity (Wildman–Crippen MR) is 50.5 cm³/mol. The lowest BCUT2D eigenvalue weighted by Crippen LogP contribution is -2.29. The smallest absolute Gasteiger partial charge is 0.423 e. The van der Waals surface area contributed by atoms with E-state index in [4.69, 9.17) is 10.0 Å². The Bertz CT molecular complexity index is 439. The number of hydrogen-bond acceptors (Lipinski definition) is 3. The predicted octanol–water partition coefficient (Wildman–Crippen LogP) is -0.747. The molecule has 0 aliphatic heterocycles. The molecule has 2 aromatic rings. The number of hydrogen-bond donors (Lipinski definition) is 2. The SMILES string of the molecule is Cn1cc2ccc(B(O)O)cc2n1. The Morgan fingerprint density at radius 2 is 2.15 bits per heavy atom. The average molecular weight is 176 g/mol. The van der Waals surface area contributed by atoms with Crippen molar-refractivity contribution in [3.8, 4) is 0 Å². The Labute approximate surface area is 75.6 Å². The molecule has 2 rings (SSSR count). The summed E-state index contributed by atoms with van der Waals surface area (Å²) < 4.78 is 1.69. The van der Waals surface area contributed by atoms with Crippen molar-refractivity contribution in [2.24, 2.45) is 7.05 Å². The van der Waals surface area contributed by atoms with Gasteiger partial charge >= 0.3 is 7.12 Å². The minimum absolute atomic E-state index is 0.464. The van der Waals surface area contributed by atoms with E-state index in [1.165, 1.54) is 0 Å². The first-order valence-corrected chi connectivity index (χ1v) is 3.96. The first kappa shape index (κ1) is 8.28. The lowest BCUT2D eigenvalue weighted by molar-refractivity contribution is 0.426. The summed E-state index contributed by atoms with van der Waals surface area (Å²) in [7, 11) is 0.404. The van der Waals surface area contributed by atoms with Crippen molar-refractivity contribution in [1.82, 2.24) is 9.78 Å². The molecule has 0 bridgehead atoms. The summed E-state index contributed by atoms with van der Waals surface area (Å²) in [6.07, 6.45) is 1.88. The van der Waals surface area contributed by atoms with Gasteiger partial charge in [0.25, 0.3) is 0 Å². The topological polar surface area (TPSA) is 58.3 Å². The monoisotopic (exact) mass is 176 g/mol. The van der Waals surface area contributed by atoms with Crippen LogP contribution in [0.2, 0.25) is 0 Å². The molecule has 0 saturated heterocycles. The lowest BCUT2D eigenvalue weighted by atomic mass is 9.80. The van der Waals surface area contributed by atoms with Crippen molar-refractivity contribution in [3.05, 3.63) is 24.4 Å². The Balaban J connectivity index is 2.61. The highest BCUT2D eigenvalue weighted by molar-refractivity contribution is 6.58. The van der Waals surface area contributed by atoms with Gasteiger partial charge in [-0.15, -0.1) is 0 Å². The molecule has 0 aliphatic carbocycles. The third kappa shape index (κ3) is 1.43. The van der Waals surface area contributed by atoms with Gasteiger partial charge in [-0.05, 0) is 11.5 Å². The van der Waals surface area contributed by atoms with Crippen LogP contribution in [-0.2, 0) is 7.05 Å². The third-order valence-electron chi connectivity index (χ3n) is 1.94. The summed E-state index contributed by atoms with van der Waals surface area (Å²) in [5.74, 6) is 0. The zero-order valence-corrected chi connectivity index (χ0v) is 7.18. The van der Waals surface area contributed by atoms with E-state index in [9.17, 15) is 0 Å². The molecule has 0 atom stereocenters. The van der Waals surface area contributed by atoms with Gasteiger partial charge in [0.1, 0.15) is 0 Å². The van der Waals surface area contributed by atoms with Crippen molar-refractivity contribution >= 4 is 23.5 Å². The van der Waals surface area contributed by atoms with Crippen LogP contribution in [0.3, 0.4) is 0 Å². The lowest BCUT2D eigenvalue weighted by Gasteiger charge is -1.96. The van der Waals surface area contributed by atoms with Gasteiger partial charge in [-0.3, -0.25) is 4.68 Å². The van der Waals surface area contributed by atoms with Gasteiger partial charge in [0.2, 0.25) is 0 Å². The van der Waals surface area contributed by atoms with Gasteiger partial charge in [-0.1, -0.05) is 12.1 Å². The van der Waals surface area contributed by atoms with Gasteiger partial charge < -0.3 is 10.0 Å². The number of fused-ring (bicyclic) bond motifs is 1. The van der Waals surface area contributed by atoms with Crippen molar-refractivity contribution in [3.63, 3.8) is 0 Å². The van der Waals surface area contributed by atoms with Gasteiger partial charge in [-0.25, -0.2) is 0 Å². The Kier molecular flexibility index (Phi) is 1.83. The second-order valence-corrected chi connectivity index (χ2v) is 2.99. The van der Waals surface area contributed by atoms with Crippen LogP contribution < -0.4 is 5.46 Å². The van der Waals surface area contributed by atoms with E-state index in [0.29, 0.717) is 5.46 Å². The molecule has 13 heavy (non-hydrogen) atoms. The summed E-state index contributed by atoms with van der Waals surface area (Å²) in [5, 5.41) is 23.0. The summed E-state index contributed by atoms with van der Waals surface area (Å²) in [6, 6.07) is 5.16. The second-order valence-electron chi connectivity index (χ2n) is 2.99. The fourth-order valence-corrected chi connectivity index (χ4v) is 1.32. The summed E-state index contributed by atoms with van der Waals surface area (Å²) >= 11 is 0. The van der Waals surface area contributed by atoms with Crippen molar-refractivity contribution < 1.29 is 10.0 Å². The van der Waals surface area contributed by atoms with Crippen LogP contribution in [0, 0.1) is 0 Å². The number of nitrogens with zero attached hydrogens (tertiary/aromatic N) is 2. The zero-order valence-electron chi connectivity index (χ0n) is 7.18. The van der Waals surface area contributed by atoms with Crippen molar-refractivity contribution in [2.45, 2.75) is 0 Å². The van der Waals surface area contributed by atoms with Crippen LogP contribution in [-0.4, -0.2) is 26.9 Å². The minimum Gasteiger partial charge on any atom is -0.423 e. The molecule has 0 spiro atoms. The third-order valence-corrected chi connectivity index (χ3v) is 1.94. The van der Waals surface area contributed by atoms with Gasteiger partial charge in [0.05, 0.1) is 5.52 Å². The highest BCUT2D eigenvalue weighted by atomic mass is 16.4. The van der Waals surface area contributed by atoms with Crippen LogP contribution in [0.4, 0.5) is 0 Å². The fraction of sp³-hybridized carbons (Fsp3) is 0.125. The van der Waals surface area contributed by atoms with Crippen molar-refractivity contribution in [1.29, 1.82) is 0 Å². The molecule has 1 heterocycles. The molecule has 4 nitrogen and oxygen atoms in total. The Morgan fingerprint density at radius 3 is 2.85 bits per heavy atom. The molecule has 1 aromatic heterocycles. The molecule has 0 saturated carbocycles. The molecular weight excluding hydrogens is 167 g/mol. The Morgan fingerprint density at radius 1 is 1.38 bits per heavy atom. The summed E-state index contributed by atoms with van der Waals surface area (Å²) in [6.45, 7) is 0. The molecule has 0 radical (unpaired) electrons. The summed E-state index contributed by atoms with van der Waals surface area (Å²) in [4.78, 5) is 0. The molecule has 0 aliphatic rings. The normalized spacial score (nSPS) is 10.7. The number of rotatable bonds is 1. The highest BCUT2D eigenvalue weighted by Gasteiger charge is 2.11. The van der Waals surface area contributed by atoms with Crippen LogP contribution in [0.5, 0.6) is 0 Å². The maximum absolute atomic E-state index is 8.91. The molecule has 5 heteroatoms. The summed E-state index contributed by atoms with van der Waals surface area (Å²) in [5.41, 5.74) is 1.24. The number of aromatic nitrogens is 2. The van der Waals surface area contributed by atoms with E-state index in [0.717, 1.165) is 10.9 Å². The van der Waals surface area contributed by atoms with E-state index in [2.05, 4.69) is 5.10 Å². The molecule has 0 amide bonds. The van der Waals surface area contributed by atoms with Crippen LogP contribution in [0.25, 0.3) is 10.9 Å². The largest absolute Gasteiger partial charge is 0.488 e. The minimum atomic E-state index is -1.42. The average Bonchev–Trinajstić information content (AvgIpc) is 2.42. The van der Waals surface area contributed by atoms with Crippen LogP contribution >= 0.6 is 0 Å². The van der Waals surface area contributed by atoms with Crippen LogP contribution in [0.1, 0.15) is 0 Å². The quantitative estimate of drug-likeness (QED) is 0.562. The first-order chi connectivity index (χ1) is 6.16. The van der Waals surface area contributed by atoms with E-state index in [-0.39, 0.29) is 0 Å². The molecule has 0 fully saturated rings. The van der Waals surface area contributed by atoms with Gasteiger partial charge in [0.15, 0.2) is 0 Å². The molecule has 1 aromatic carbocycles. The first-order valence-electron chi connectivity index (χ1n) is 3.96. The van der Waals surface area contributed by atoms with E-state index >= 15 is 0 Å². The van der Waals surface area contributed by atoms with E-state index in [1.807, 2.05) is 19.3 Å².